The van der Waals surface area contributed by atoms with Gasteiger partial charge in [-0.1, -0.05) is 106 Å². The van der Waals surface area contributed by atoms with Crippen molar-refractivity contribution >= 4 is 22.6 Å². The average Bonchev–Trinajstić information content (AvgIpc) is 3.47. The molecule has 0 aromatic rings. The minimum Gasteiger partial charge on any atom is -0.358 e. The fourth-order valence-electron chi connectivity index (χ4n) is 4.67. The monoisotopic (exact) mass is 664 g/mol. The van der Waals surface area contributed by atoms with E-state index in [2.05, 4.69) is 60.6 Å². The second-order valence-corrected chi connectivity index (χ2v) is 11.0. The van der Waals surface area contributed by atoms with E-state index in [1.54, 1.807) is 0 Å². The molecule has 0 heterocycles. The molecule has 4 aliphatic carbocycles. The van der Waals surface area contributed by atoms with E-state index >= 15 is 0 Å². The molecule has 4 saturated carbocycles. The van der Waals surface area contributed by atoms with Crippen molar-refractivity contribution < 1.29 is 34.1 Å². The van der Waals surface area contributed by atoms with E-state index in [1.807, 2.05) is 0 Å². The van der Waals surface area contributed by atoms with Gasteiger partial charge in [-0.25, -0.2) is 0 Å². The summed E-state index contributed by atoms with van der Waals surface area (Å²) in [6.45, 7) is 0. The van der Waals surface area contributed by atoms with Crippen LogP contribution in [-0.4, -0.2) is 54.0 Å². The Morgan fingerprint density at radius 2 is 0.788 bits per heavy atom. The molecule has 0 N–H and O–H groups in total. The molecule has 0 aromatic heterocycles. The third kappa shape index (κ3) is 25.1. The smallest absolute Gasteiger partial charge is 0.358 e. The molecule has 0 aromatic carbocycles. The van der Waals surface area contributed by atoms with E-state index in [4.69, 9.17) is 0 Å². The first kappa shape index (κ1) is 47.8. The molecular formula is C28H61Fe2IN2. The molecular weight excluding hydrogens is 603 g/mol. The molecule has 4 aliphatic rings. The Labute approximate surface area is 248 Å². The molecule has 0 amide bonds. The molecule has 2 atom stereocenters. The first-order valence-electron chi connectivity index (χ1n) is 12.0. The van der Waals surface area contributed by atoms with Crippen molar-refractivity contribution in [1.29, 1.82) is 0 Å². The minimum absolute atomic E-state index is 0. The Morgan fingerprint density at radius 1 is 0.455 bits per heavy atom. The molecule has 2 nitrogen and oxygen atoms in total. The third-order valence-electron chi connectivity index (χ3n) is 6.62. The van der Waals surface area contributed by atoms with Crippen LogP contribution in [-0.2, 0) is 34.1 Å². The van der Waals surface area contributed by atoms with Gasteiger partial charge in [0.1, 0.15) is 0 Å². The predicted molar refractivity (Wildman–Crippen MR) is 157 cm³/mol. The Kier molecular flexibility index (Phi) is 46.0. The number of halogens is 1. The van der Waals surface area contributed by atoms with Crippen LogP contribution in [0.15, 0.2) is 0 Å². The zero-order valence-electron chi connectivity index (χ0n) is 23.7. The summed E-state index contributed by atoms with van der Waals surface area (Å²) >= 11 is 2.57. The van der Waals surface area contributed by atoms with Crippen LogP contribution in [0.5, 0.6) is 0 Å². The number of alkyl halides is 1. The van der Waals surface area contributed by atoms with Crippen molar-refractivity contribution in [1.82, 2.24) is 9.80 Å². The maximum absolute atomic E-state index is 2.57. The van der Waals surface area contributed by atoms with Crippen LogP contribution in [0.4, 0.5) is 0 Å². The van der Waals surface area contributed by atoms with Crippen LogP contribution in [0, 0.1) is 29.7 Å². The first-order valence-corrected chi connectivity index (χ1v) is 13.2. The predicted octanol–water partition coefficient (Wildman–Crippen LogP) is 9.09. The van der Waals surface area contributed by atoms with Crippen molar-refractivity contribution in [3.63, 3.8) is 0 Å². The SMILES string of the molecule is C1CCCC1.C1CCCC1.CN(C)C1CCCC1.CN(C)C1CCCC1I.[CH3-].[CH3-].[CH3-].[CH3-].[Fe+2].[Fe+2]. The first-order chi connectivity index (χ1) is 13.0. The molecule has 0 spiro atoms. The van der Waals surface area contributed by atoms with Gasteiger partial charge in [0.05, 0.1) is 0 Å². The summed E-state index contributed by atoms with van der Waals surface area (Å²) in [5.41, 5.74) is 0. The number of nitrogens with zero attached hydrogens (tertiary/aromatic N) is 2. The Morgan fingerprint density at radius 3 is 0.939 bits per heavy atom. The summed E-state index contributed by atoms with van der Waals surface area (Å²) in [4.78, 5) is 4.69. The van der Waals surface area contributed by atoms with E-state index in [-0.39, 0.29) is 63.8 Å². The standard InChI is InChI=1S/C7H14IN.C7H15N.2C5H10.4CH3.2Fe/c1-9(2)7-5-3-4-6(7)8;1-8(2)7-5-3-4-6-7;2*1-2-4-5-3-1;;;;;;/h6-7H,3-5H2,1-2H3;7H,3-6H2,1-2H3;2*1-5H2;4*1H3;;/q;;;;4*-1;2*+2. The van der Waals surface area contributed by atoms with Gasteiger partial charge in [-0.15, -0.1) is 0 Å². The Balaban J connectivity index is -0.0000000710. The van der Waals surface area contributed by atoms with Gasteiger partial charge in [0.25, 0.3) is 0 Å². The van der Waals surface area contributed by atoms with Crippen molar-refractivity contribution in [3.05, 3.63) is 29.7 Å². The van der Waals surface area contributed by atoms with Gasteiger partial charge in [-0.2, -0.15) is 0 Å². The fraction of sp³-hybridized carbons (Fsp3) is 0.857. The summed E-state index contributed by atoms with van der Waals surface area (Å²) in [7, 11) is 8.72. The summed E-state index contributed by atoms with van der Waals surface area (Å²) in [6.07, 6.45) is 25.0. The average molecular weight is 664 g/mol. The van der Waals surface area contributed by atoms with Gasteiger partial charge in [-0.05, 0) is 53.9 Å². The maximum atomic E-state index is 2.57. The van der Waals surface area contributed by atoms with Gasteiger partial charge < -0.3 is 39.5 Å². The molecule has 0 radical (unpaired) electrons. The topological polar surface area (TPSA) is 6.48 Å². The minimum atomic E-state index is 0. The molecule has 2 unspecified atom stereocenters. The molecule has 0 bridgehead atoms. The summed E-state index contributed by atoms with van der Waals surface area (Å²) in [5.74, 6) is 0. The van der Waals surface area contributed by atoms with Gasteiger partial charge in [0.2, 0.25) is 0 Å². The molecule has 5 heteroatoms. The van der Waals surface area contributed by atoms with Crippen LogP contribution in [0.2, 0.25) is 0 Å². The molecule has 4 fully saturated rings. The summed E-state index contributed by atoms with van der Waals surface area (Å²) in [6, 6.07) is 1.75. The third-order valence-corrected chi connectivity index (χ3v) is 8.07. The van der Waals surface area contributed by atoms with Gasteiger partial charge in [0, 0.05) is 16.0 Å². The molecule has 4 rings (SSSR count). The molecule has 0 saturated heterocycles. The van der Waals surface area contributed by atoms with E-state index < -0.39 is 0 Å². The van der Waals surface area contributed by atoms with E-state index in [0.717, 1.165) is 16.0 Å². The zero-order valence-corrected chi connectivity index (χ0v) is 28.1. The van der Waals surface area contributed by atoms with Crippen LogP contribution in [0.25, 0.3) is 0 Å². The van der Waals surface area contributed by atoms with Crippen LogP contribution >= 0.6 is 22.6 Å². The van der Waals surface area contributed by atoms with Crippen LogP contribution in [0.3, 0.4) is 0 Å². The number of rotatable bonds is 2. The number of hydrogen-bond donors (Lipinski definition) is 0. The van der Waals surface area contributed by atoms with Gasteiger partial charge >= 0.3 is 34.1 Å². The normalized spacial score (nSPS) is 22.6. The maximum Gasteiger partial charge on any atom is 2.00 e. The second kappa shape index (κ2) is 31.7. The second-order valence-electron chi connectivity index (χ2n) is 9.42. The Hall–Kier alpha value is 1.69. The molecule has 33 heavy (non-hydrogen) atoms. The zero-order chi connectivity index (χ0) is 19.9. The van der Waals surface area contributed by atoms with Crippen LogP contribution < -0.4 is 0 Å². The van der Waals surface area contributed by atoms with Gasteiger partial charge in [0.15, 0.2) is 0 Å². The molecule has 206 valence electrons. The van der Waals surface area contributed by atoms with E-state index in [1.165, 1.54) is 109 Å². The summed E-state index contributed by atoms with van der Waals surface area (Å²) < 4.78 is 0.901. The van der Waals surface area contributed by atoms with Crippen molar-refractivity contribution in [2.45, 2.75) is 125 Å². The van der Waals surface area contributed by atoms with E-state index in [0.29, 0.717) is 0 Å². The quantitative estimate of drug-likeness (QED) is 0.126. The van der Waals surface area contributed by atoms with Crippen molar-refractivity contribution in [3.8, 4) is 0 Å². The Bertz CT molecular complexity index is 305. The van der Waals surface area contributed by atoms with Gasteiger partial charge in [-0.3, -0.25) is 0 Å². The van der Waals surface area contributed by atoms with Crippen LogP contribution in [0.1, 0.15) is 109 Å². The van der Waals surface area contributed by atoms with E-state index in [9.17, 15) is 0 Å². The molecule has 0 aliphatic heterocycles. The largest absolute Gasteiger partial charge is 2.00 e. The van der Waals surface area contributed by atoms with Crippen molar-refractivity contribution in [2.24, 2.45) is 0 Å². The summed E-state index contributed by atoms with van der Waals surface area (Å²) in [5, 5.41) is 0. The van der Waals surface area contributed by atoms with Crippen molar-refractivity contribution in [2.75, 3.05) is 28.2 Å². The fourth-order valence-corrected chi connectivity index (χ4v) is 6.11. The number of hydrogen-bond acceptors (Lipinski definition) is 2.